The second-order valence-corrected chi connectivity index (χ2v) is 3.98. The number of rotatable bonds is 1. The van der Waals surface area contributed by atoms with Crippen molar-refractivity contribution in [2.24, 2.45) is 0 Å². The lowest BCUT2D eigenvalue weighted by Crippen LogP contribution is -1.89. The Morgan fingerprint density at radius 1 is 1.57 bits per heavy atom. The summed E-state index contributed by atoms with van der Waals surface area (Å²) in [7, 11) is 0. The average Bonchev–Trinajstić information content (AvgIpc) is 2.65. The Kier molecular flexibility index (Phi) is 2.40. The largest absolute Gasteiger partial charge is 0.207 e. The Labute approximate surface area is 89.3 Å². The number of hydrogen-bond donors (Lipinski definition) is 0. The topological polar surface area (TPSA) is 23.8 Å². The molecule has 0 fully saturated rings. The minimum atomic E-state index is -0.397. The summed E-state index contributed by atoms with van der Waals surface area (Å²) in [6.07, 6.45) is 0. The molecular formula is C10H5ClFNS. The number of nitrogens with zero attached hydrogens (tertiary/aromatic N) is 1. The summed E-state index contributed by atoms with van der Waals surface area (Å²) in [4.78, 5) is 0. The molecule has 1 aromatic heterocycles. The van der Waals surface area contributed by atoms with Crippen LogP contribution in [0, 0.1) is 17.1 Å². The monoisotopic (exact) mass is 225 g/mol. The van der Waals surface area contributed by atoms with Gasteiger partial charge in [0.15, 0.2) is 0 Å². The van der Waals surface area contributed by atoms with Crippen molar-refractivity contribution < 1.29 is 4.39 Å². The molecule has 2 rings (SSSR count). The molecule has 0 spiro atoms. The van der Waals surface area contributed by atoms with Crippen LogP contribution >= 0.6 is 22.9 Å². The predicted octanol–water partition coefficient (Wildman–Crippen LogP) is 3.65. The number of hydrogen-bond acceptors (Lipinski definition) is 2. The highest BCUT2D eigenvalue weighted by molar-refractivity contribution is 7.17. The van der Waals surface area contributed by atoms with Gasteiger partial charge in [-0.25, -0.2) is 4.39 Å². The van der Waals surface area contributed by atoms with E-state index >= 15 is 0 Å². The van der Waals surface area contributed by atoms with Crippen molar-refractivity contribution >= 4 is 33.0 Å². The Morgan fingerprint density at radius 2 is 2.36 bits per heavy atom. The van der Waals surface area contributed by atoms with E-state index in [0.717, 1.165) is 10.1 Å². The molecule has 0 amide bonds. The van der Waals surface area contributed by atoms with Gasteiger partial charge in [0.1, 0.15) is 5.82 Å². The van der Waals surface area contributed by atoms with Crippen LogP contribution in [0.3, 0.4) is 0 Å². The third kappa shape index (κ3) is 1.28. The number of fused-ring (bicyclic) bond motifs is 1. The van der Waals surface area contributed by atoms with Crippen molar-refractivity contribution in [1.82, 2.24) is 0 Å². The average molecular weight is 226 g/mol. The van der Waals surface area contributed by atoms with Crippen LogP contribution in [0.5, 0.6) is 0 Å². The number of thiophene rings is 1. The molecular weight excluding hydrogens is 221 g/mol. The van der Waals surface area contributed by atoms with Gasteiger partial charge in [-0.2, -0.15) is 5.26 Å². The summed E-state index contributed by atoms with van der Waals surface area (Å²) in [5, 5.41) is 11.4. The van der Waals surface area contributed by atoms with Crippen LogP contribution in [0.15, 0.2) is 17.5 Å². The summed E-state index contributed by atoms with van der Waals surface area (Å²) in [5.74, 6) is -0.263. The molecule has 0 saturated heterocycles. The van der Waals surface area contributed by atoms with Crippen LogP contribution in [0.2, 0.25) is 0 Å². The van der Waals surface area contributed by atoms with Crippen LogP contribution < -0.4 is 0 Å². The summed E-state index contributed by atoms with van der Waals surface area (Å²) in [5.41, 5.74) is 0.850. The lowest BCUT2D eigenvalue weighted by atomic mass is 10.1. The summed E-state index contributed by atoms with van der Waals surface area (Å²) in [6, 6.07) is 5.03. The first-order valence-corrected chi connectivity index (χ1v) is 5.34. The minimum absolute atomic E-state index is 0.133. The maximum Gasteiger partial charge on any atom is 0.130 e. The molecule has 0 radical (unpaired) electrons. The van der Waals surface area contributed by atoms with Gasteiger partial charge in [-0.05, 0) is 17.5 Å². The second kappa shape index (κ2) is 3.56. The van der Waals surface area contributed by atoms with E-state index in [1.54, 1.807) is 0 Å². The van der Waals surface area contributed by atoms with E-state index in [4.69, 9.17) is 16.9 Å². The van der Waals surface area contributed by atoms with E-state index < -0.39 is 5.82 Å². The highest BCUT2D eigenvalue weighted by Gasteiger charge is 2.11. The lowest BCUT2D eigenvalue weighted by Gasteiger charge is -2.01. The van der Waals surface area contributed by atoms with Crippen LogP contribution in [-0.2, 0) is 5.88 Å². The van der Waals surface area contributed by atoms with Crippen LogP contribution in [0.25, 0.3) is 10.1 Å². The van der Waals surface area contributed by atoms with Gasteiger partial charge in [0.2, 0.25) is 0 Å². The fourth-order valence-electron chi connectivity index (χ4n) is 1.37. The summed E-state index contributed by atoms with van der Waals surface area (Å²) >= 11 is 7.05. The zero-order valence-electron chi connectivity index (χ0n) is 7.05. The maximum atomic E-state index is 13.4. The first-order valence-electron chi connectivity index (χ1n) is 3.92. The predicted molar refractivity (Wildman–Crippen MR) is 56.1 cm³/mol. The number of nitriles is 1. The highest BCUT2D eigenvalue weighted by Crippen LogP contribution is 2.30. The van der Waals surface area contributed by atoms with Crippen molar-refractivity contribution in [2.45, 2.75) is 5.88 Å². The first kappa shape index (κ1) is 9.45. The number of halogens is 2. The standard InChI is InChI=1S/C10H5ClFNS/c11-4-8-9(12)3-6(5-13)7-1-2-14-10(7)8/h1-3H,4H2. The third-order valence-electron chi connectivity index (χ3n) is 2.04. The van der Waals surface area contributed by atoms with Crippen molar-refractivity contribution in [3.8, 4) is 6.07 Å². The Morgan fingerprint density at radius 3 is 3.00 bits per heavy atom. The highest BCUT2D eigenvalue weighted by atomic mass is 35.5. The summed E-state index contributed by atoms with van der Waals surface area (Å²) < 4.78 is 14.2. The smallest absolute Gasteiger partial charge is 0.130 e. The Balaban J connectivity index is 2.90. The molecule has 1 heterocycles. The van der Waals surface area contributed by atoms with Crippen LogP contribution in [0.4, 0.5) is 4.39 Å². The normalized spacial score (nSPS) is 10.4. The quantitative estimate of drug-likeness (QED) is 0.680. The first-order chi connectivity index (χ1) is 6.77. The lowest BCUT2D eigenvalue weighted by molar-refractivity contribution is 0.619. The van der Waals surface area contributed by atoms with Crippen LogP contribution in [-0.4, -0.2) is 0 Å². The minimum Gasteiger partial charge on any atom is -0.207 e. The molecule has 4 heteroatoms. The molecule has 0 aliphatic heterocycles. The Hall–Kier alpha value is -1.11. The van der Waals surface area contributed by atoms with Crippen molar-refractivity contribution in [3.63, 3.8) is 0 Å². The van der Waals surface area contributed by atoms with Gasteiger partial charge in [0, 0.05) is 15.6 Å². The van der Waals surface area contributed by atoms with Gasteiger partial charge in [-0.3, -0.25) is 0 Å². The van der Waals surface area contributed by atoms with E-state index in [1.807, 2.05) is 17.5 Å². The van der Waals surface area contributed by atoms with Gasteiger partial charge < -0.3 is 0 Å². The van der Waals surface area contributed by atoms with E-state index in [-0.39, 0.29) is 5.88 Å². The molecule has 0 atom stereocenters. The van der Waals surface area contributed by atoms with Gasteiger partial charge >= 0.3 is 0 Å². The van der Waals surface area contributed by atoms with E-state index in [1.165, 1.54) is 17.4 Å². The number of alkyl halides is 1. The van der Waals surface area contributed by atoms with Crippen molar-refractivity contribution in [2.75, 3.05) is 0 Å². The third-order valence-corrected chi connectivity index (χ3v) is 3.28. The molecule has 0 bridgehead atoms. The van der Waals surface area contributed by atoms with Gasteiger partial charge in [0.05, 0.1) is 17.5 Å². The molecule has 1 aromatic carbocycles. The van der Waals surface area contributed by atoms with Crippen molar-refractivity contribution in [1.29, 1.82) is 5.26 Å². The molecule has 0 saturated carbocycles. The molecule has 0 aliphatic rings. The van der Waals surface area contributed by atoms with E-state index in [0.29, 0.717) is 11.1 Å². The molecule has 0 unspecified atom stereocenters. The van der Waals surface area contributed by atoms with Gasteiger partial charge in [-0.1, -0.05) is 0 Å². The van der Waals surface area contributed by atoms with E-state index in [2.05, 4.69) is 0 Å². The molecule has 1 nitrogen and oxygen atoms in total. The zero-order valence-corrected chi connectivity index (χ0v) is 8.62. The fraction of sp³-hybridized carbons (Fsp3) is 0.100. The zero-order chi connectivity index (χ0) is 10.1. The molecule has 0 N–H and O–H groups in total. The van der Waals surface area contributed by atoms with Crippen molar-refractivity contribution in [3.05, 3.63) is 34.5 Å². The van der Waals surface area contributed by atoms with Crippen LogP contribution in [0.1, 0.15) is 11.1 Å². The molecule has 70 valence electrons. The molecule has 0 aliphatic carbocycles. The maximum absolute atomic E-state index is 13.4. The number of benzene rings is 1. The fourth-order valence-corrected chi connectivity index (χ4v) is 2.67. The SMILES string of the molecule is N#Cc1cc(F)c(CCl)c2sccc12. The molecule has 2 aromatic rings. The van der Waals surface area contributed by atoms with Gasteiger partial charge in [-0.15, -0.1) is 22.9 Å². The Bertz CT molecular complexity index is 527. The van der Waals surface area contributed by atoms with E-state index in [9.17, 15) is 4.39 Å². The van der Waals surface area contributed by atoms with Gasteiger partial charge in [0.25, 0.3) is 0 Å². The summed E-state index contributed by atoms with van der Waals surface area (Å²) in [6.45, 7) is 0. The second-order valence-electron chi connectivity index (χ2n) is 2.79. The molecule has 14 heavy (non-hydrogen) atoms.